The van der Waals surface area contributed by atoms with Gasteiger partial charge in [-0.1, -0.05) is 6.07 Å². The summed E-state index contributed by atoms with van der Waals surface area (Å²) in [5.41, 5.74) is 6.18. The van der Waals surface area contributed by atoms with E-state index in [-0.39, 0.29) is 5.92 Å². The van der Waals surface area contributed by atoms with E-state index in [2.05, 4.69) is 4.98 Å². The molecule has 15 heavy (non-hydrogen) atoms. The molecule has 0 spiro atoms. The van der Waals surface area contributed by atoms with Crippen LogP contribution in [0.1, 0.15) is 18.5 Å². The number of hydrogen-bond donors (Lipinski definition) is 2. The van der Waals surface area contributed by atoms with Crippen LogP contribution in [0.3, 0.4) is 0 Å². The molecule has 4 heteroatoms. The number of aromatic nitrogens is 1. The van der Waals surface area contributed by atoms with Crippen LogP contribution in [0.4, 0.5) is 0 Å². The molecule has 4 nitrogen and oxygen atoms in total. The fourth-order valence-electron chi connectivity index (χ4n) is 1.45. The van der Waals surface area contributed by atoms with Crippen LogP contribution in [0, 0.1) is 5.92 Å². The lowest BCUT2D eigenvalue weighted by molar-refractivity contribution is -0.142. The van der Waals surface area contributed by atoms with E-state index in [1.165, 1.54) is 0 Å². The molecule has 1 atom stereocenters. The lowest BCUT2D eigenvalue weighted by Gasteiger charge is -2.10. The molecule has 1 aromatic rings. The first-order chi connectivity index (χ1) is 7.24. The minimum atomic E-state index is -0.769. The van der Waals surface area contributed by atoms with E-state index < -0.39 is 5.97 Å². The van der Waals surface area contributed by atoms with Gasteiger partial charge in [-0.2, -0.15) is 0 Å². The molecular formula is C11H16N2O2. The second kappa shape index (κ2) is 6.14. The van der Waals surface area contributed by atoms with E-state index in [1.807, 2.05) is 18.2 Å². The molecule has 0 aromatic carbocycles. The minimum Gasteiger partial charge on any atom is -0.481 e. The molecule has 1 rings (SSSR count). The normalized spacial score (nSPS) is 12.3. The highest BCUT2D eigenvalue weighted by Gasteiger charge is 2.17. The van der Waals surface area contributed by atoms with Gasteiger partial charge in [-0.25, -0.2) is 0 Å². The predicted molar refractivity (Wildman–Crippen MR) is 57.4 cm³/mol. The molecule has 0 amide bonds. The zero-order chi connectivity index (χ0) is 11.1. The van der Waals surface area contributed by atoms with Crippen molar-refractivity contribution in [3.8, 4) is 0 Å². The van der Waals surface area contributed by atoms with Gasteiger partial charge >= 0.3 is 5.97 Å². The third-order valence-corrected chi connectivity index (χ3v) is 2.29. The smallest absolute Gasteiger partial charge is 0.306 e. The quantitative estimate of drug-likeness (QED) is 0.733. The number of carbonyl (C=O) groups is 1. The third kappa shape index (κ3) is 4.08. The summed E-state index contributed by atoms with van der Waals surface area (Å²) in [7, 11) is 0. The summed E-state index contributed by atoms with van der Waals surface area (Å²) in [4.78, 5) is 15.1. The number of nitrogens with zero attached hydrogens (tertiary/aromatic N) is 1. The first-order valence-corrected chi connectivity index (χ1v) is 5.07. The Hall–Kier alpha value is -1.42. The van der Waals surface area contributed by atoms with Gasteiger partial charge in [0.2, 0.25) is 0 Å². The van der Waals surface area contributed by atoms with Gasteiger partial charge < -0.3 is 10.8 Å². The van der Waals surface area contributed by atoms with Crippen molar-refractivity contribution in [2.45, 2.75) is 19.3 Å². The summed E-state index contributed by atoms with van der Waals surface area (Å²) >= 11 is 0. The van der Waals surface area contributed by atoms with Gasteiger partial charge in [0.1, 0.15) is 0 Å². The number of pyridine rings is 1. The number of carboxylic acid groups (broad SMARTS) is 1. The van der Waals surface area contributed by atoms with Crippen molar-refractivity contribution in [2.75, 3.05) is 6.54 Å². The highest BCUT2D eigenvalue weighted by Crippen LogP contribution is 2.12. The Bertz CT molecular complexity index is 301. The van der Waals surface area contributed by atoms with Gasteiger partial charge in [0.05, 0.1) is 5.92 Å². The maximum Gasteiger partial charge on any atom is 0.306 e. The summed E-state index contributed by atoms with van der Waals surface area (Å²) in [5, 5.41) is 8.99. The topological polar surface area (TPSA) is 76.2 Å². The highest BCUT2D eigenvalue weighted by atomic mass is 16.4. The van der Waals surface area contributed by atoms with Crippen molar-refractivity contribution in [1.29, 1.82) is 0 Å². The number of carboxylic acids is 1. The molecule has 0 saturated carbocycles. The maximum atomic E-state index is 10.9. The molecule has 1 aromatic heterocycles. The third-order valence-electron chi connectivity index (χ3n) is 2.29. The highest BCUT2D eigenvalue weighted by molar-refractivity contribution is 5.70. The molecular weight excluding hydrogens is 192 g/mol. The van der Waals surface area contributed by atoms with Crippen molar-refractivity contribution < 1.29 is 9.90 Å². The molecule has 0 bridgehead atoms. The predicted octanol–water partition coefficient (Wildman–Crippen LogP) is 1.06. The minimum absolute atomic E-state index is 0.372. The number of nitrogens with two attached hydrogens (primary N) is 1. The van der Waals surface area contributed by atoms with Gasteiger partial charge in [-0.3, -0.25) is 9.78 Å². The first kappa shape index (κ1) is 11.7. The molecule has 1 unspecified atom stereocenters. The summed E-state index contributed by atoms with van der Waals surface area (Å²) in [6.45, 7) is 0.534. The van der Waals surface area contributed by atoms with Gasteiger partial charge in [0.25, 0.3) is 0 Å². The van der Waals surface area contributed by atoms with E-state index in [0.717, 1.165) is 12.1 Å². The number of aliphatic carboxylic acids is 1. The van der Waals surface area contributed by atoms with Crippen molar-refractivity contribution in [3.63, 3.8) is 0 Å². The van der Waals surface area contributed by atoms with Crippen LogP contribution in [-0.2, 0) is 11.2 Å². The van der Waals surface area contributed by atoms with Crippen LogP contribution in [0.25, 0.3) is 0 Å². The summed E-state index contributed by atoms with van der Waals surface area (Å²) in [6.07, 6.45) is 3.51. The van der Waals surface area contributed by atoms with E-state index in [9.17, 15) is 4.79 Å². The van der Waals surface area contributed by atoms with Crippen molar-refractivity contribution in [2.24, 2.45) is 11.7 Å². The second-order valence-corrected chi connectivity index (χ2v) is 3.49. The van der Waals surface area contributed by atoms with Gasteiger partial charge in [-0.15, -0.1) is 0 Å². The monoisotopic (exact) mass is 208 g/mol. The van der Waals surface area contributed by atoms with E-state index >= 15 is 0 Å². The number of hydrogen-bond acceptors (Lipinski definition) is 3. The lowest BCUT2D eigenvalue weighted by Crippen LogP contribution is -2.18. The van der Waals surface area contributed by atoms with Gasteiger partial charge in [-0.05, 0) is 31.5 Å². The summed E-state index contributed by atoms with van der Waals surface area (Å²) < 4.78 is 0. The Morgan fingerprint density at radius 3 is 2.87 bits per heavy atom. The van der Waals surface area contributed by atoms with E-state index in [4.69, 9.17) is 10.8 Å². The lowest BCUT2D eigenvalue weighted by atomic mass is 9.97. The molecule has 0 aliphatic carbocycles. The summed E-state index contributed by atoms with van der Waals surface area (Å²) in [5.74, 6) is -1.14. The Labute approximate surface area is 89.1 Å². The molecule has 82 valence electrons. The molecule has 0 saturated heterocycles. The zero-order valence-corrected chi connectivity index (χ0v) is 8.60. The average molecular weight is 208 g/mol. The fraction of sp³-hybridized carbons (Fsp3) is 0.455. The first-order valence-electron chi connectivity index (χ1n) is 5.07. The van der Waals surface area contributed by atoms with Crippen molar-refractivity contribution in [1.82, 2.24) is 4.98 Å². The van der Waals surface area contributed by atoms with Crippen molar-refractivity contribution in [3.05, 3.63) is 30.1 Å². The van der Waals surface area contributed by atoms with Crippen LogP contribution < -0.4 is 5.73 Å². The Kier molecular flexibility index (Phi) is 4.77. The van der Waals surface area contributed by atoms with Crippen LogP contribution in [-0.4, -0.2) is 22.6 Å². The Balaban J connectivity index is 2.55. The Morgan fingerprint density at radius 2 is 2.33 bits per heavy atom. The SMILES string of the molecule is NCCCC(Cc1ccccn1)C(=O)O. The van der Waals surface area contributed by atoms with Crippen LogP contribution in [0.5, 0.6) is 0 Å². The Morgan fingerprint density at radius 1 is 1.53 bits per heavy atom. The molecule has 1 heterocycles. The molecule has 0 aliphatic heterocycles. The van der Waals surface area contributed by atoms with E-state index in [0.29, 0.717) is 19.4 Å². The maximum absolute atomic E-state index is 10.9. The van der Waals surface area contributed by atoms with Gasteiger partial charge in [0, 0.05) is 18.3 Å². The molecule has 0 aliphatic rings. The fourth-order valence-corrected chi connectivity index (χ4v) is 1.45. The zero-order valence-electron chi connectivity index (χ0n) is 8.60. The molecule has 3 N–H and O–H groups in total. The standard InChI is InChI=1S/C11H16N2O2/c12-6-3-4-9(11(14)15)8-10-5-1-2-7-13-10/h1-2,5,7,9H,3-4,6,8,12H2,(H,14,15). The van der Waals surface area contributed by atoms with Crippen LogP contribution >= 0.6 is 0 Å². The molecule has 0 radical (unpaired) electrons. The largest absolute Gasteiger partial charge is 0.481 e. The van der Waals surface area contributed by atoms with Crippen LogP contribution in [0.15, 0.2) is 24.4 Å². The molecule has 0 fully saturated rings. The average Bonchev–Trinajstić information content (AvgIpc) is 2.25. The van der Waals surface area contributed by atoms with Crippen LogP contribution in [0.2, 0.25) is 0 Å². The second-order valence-electron chi connectivity index (χ2n) is 3.49. The van der Waals surface area contributed by atoms with E-state index in [1.54, 1.807) is 6.20 Å². The van der Waals surface area contributed by atoms with Crippen molar-refractivity contribution >= 4 is 5.97 Å². The summed E-state index contributed by atoms with van der Waals surface area (Å²) in [6, 6.07) is 5.53. The number of rotatable bonds is 6. The van der Waals surface area contributed by atoms with Gasteiger partial charge in [0.15, 0.2) is 0 Å².